The van der Waals surface area contributed by atoms with Crippen LogP contribution in [0.2, 0.25) is 0 Å². The molecule has 0 spiro atoms. The smallest absolute Gasteiger partial charge is 0.339 e. The van der Waals surface area contributed by atoms with E-state index in [1.807, 2.05) is 4.83 Å². The van der Waals surface area contributed by atoms with Crippen molar-refractivity contribution in [3.8, 4) is 0 Å². The fourth-order valence-corrected chi connectivity index (χ4v) is 3.52. The monoisotopic (exact) mass is 415 g/mol. The molecule has 0 aliphatic carbocycles. The summed E-state index contributed by atoms with van der Waals surface area (Å²) in [5, 5.41) is 0. The van der Waals surface area contributed by atoms with Gasteiger partial charge in [-0.3, -0.25) is 10.2 Å². The van der Waals surface area contributed by atoms with E-state index in [0.29, 0.717) is 4.47 Å². The van der Waals surface area contributed by atoms with E-state index in [-0.39, 0.29) is 16.2 Å². The number of methoxy groups -OCH3 is 1. The van der Waals surface area contributed by atoms with Gasteiger partial charge in [-0.25, -0.2) is 13.2 Å². The molecule has 2 aromatic rings. The predicted molar refractivity (Wildman–Crippen MR) is 88.7 cm³/mol. The number of aryl methyl sites for hydroxylation is 1. The van der Waals surface area contributed by atoms with Crippen LogP contribution in [0.4, 0.5) is 0 Å². The summed E-state index contributed by atoms with van der Waals surface area (Å²) in [7, 11) is -1.37. The zero-order chi connectivity index (χ0) is 17.9. The molecule has 0 aliphatic rings. The van der Waals surface area contributed by atoms with Crippen molar-refractivity contribution in [3.05, 3.63) is 52.3 Å². The minimum absolute atomic E-state index is 0.136. The average molecular weight is 416 g/mol. The normalized spacial score (nSPS) is 11.1. The molecule has 2 rings (SSSR count). The highest BCUT2D eigenvalue weighted by molar-refractivity contribution is 9.10. The van der Waals surface area contributed by atoms with Gasteiger partial charge < -0.3 is 9.30 Å². The van der Waals surface area contributed by atoms with E-state index >= 15 is 0 Å². The first-order valence-corrected chi connectivity index (χ1v) is 8.85. The van der Waals surface area contributed by atoms with Gasteiger partial charge in [0.15, 0.2) is 0 Å². The Balaban J connectivity index is 2.22. The van der Waals surface area contributed by atoms with Crippen LogP contribution in [0.1, 0.15) is 20.8 Å². The third-order valence-corrected chi connectivity index (χ3v) is 4.82. The highest BCUT2D eigenvalue weighted by Gasteiger charge is 2.23. The molecule has 1 aromatic carbocycles. The largest absolute Gasteiger partial charge is 0.465 e. The van der Waals surface area contributed by atoms with Crippen LogP contribution in [0, 0.1) is 0 Å². The fraction of sp³-hybridized carbons (Fsp3) is 0.143. The number of nitrogens with one attached hydrogen (secondary N) is 2. The molecule has 24 heavy (non-hydrogen) atoms. The lowest BCUT2D eigenvalue weighted by molar-refractivity contribution is 0.0596. The summed E-state index contributed by atoms with van der Waals surface area (Å²) in [6.07, 6.45) is 1.65. The van der Waals surface area contributed by atoms with E-state index < -0.39 is 21.9 Å². The van der Waals surface area contributed by atoms with Gasteiger partial charge in [0.2, 0.25) is 0 Å². The number of rotatable bonds is 5. The third-order valence-electron chi connectivity index (χ3n) is 3.09. The van der Waals surface area contributed by atoms with Gasteiger partial charge in [-0.1, -0.05) is 12.1 Å². The predicted octanol–water partition coefficient (Wildman–Crippen LogP) is 1.20. The number of halogens is 1. The van der Waals surface area contributed by atoms with Crippen LogP contribution in [-0.4, -0.2) is 32.0 Å². The standard InChI is InChI=1S/C14H14BrN3O5S/c1-18-8-9(15)7-11(18)13(19)16-17-24(21,22)12-6-4-3-5-10(12)14(20)23-2/h3-8,17H,1-2H3,(H,16,19). The Morgan fingerprint density at radius 3 is 2.50 bits per heavy atom. The maximum absolute atomic E-state index is 12.3. The number of sulfonamides is 1. The number of esters is 1. The summed E-state index contributed by atoms with van der Waals surface area (Å²) in [5.41, 5.74) is 2.21. The minimum Gasteiger partial charge on any atom is -0.465 e. The molecule has 2 N–H and O–H groups in total. The molecule has 10 heteroatoms. The van der Waals surface area contributed by atoms with Crippen molar-refractivity contribution in [1.29, 1.82) is 0 Å². The Labute approximate surface area is 147 Å². The van der Waals surface area contributed by atoms with Crippen LogP contribution < -0.4 is 10.3 Å². The number of aromatic nitrogens is 1. The first-order chi connectivity index (χ1) is 11.3. The van der Waals surface area contributed by atoms with Crippen molar-refractivity contribution in [2.24, 2.45) is 7.05 Å². The summed E-state index contributed by atoms with van der Waals surface area (Å²) in [5.74, 6) is -1.45. The molecule has 8 nitrogen and oxygen atoms in total. The summed E-state index contributed by atoms with van der Waals surface area (Å²) >= 11 is 3.22. The van der Waals surface area contributed by atoms with Crippen molar-refractivity contribution in [3.63, 3.8) is 0 Å². The van der Waals surface area contributed by atoms with Crippen LogP contribution in [0.3, 0.4) is 0 Å². The second-order valence-corrected chi connectivity index (χ2v) is 7.27. The molecule has 1 amide bonds. The first-order valence-electron chi connectivity index (χ1n) is 6.57. The van der Waals surface area contributed by atoms with Gasteiger partial charge in [0, 0.05) is 17.7 Å². The molecule has 0 radical (unpaired) electrons. The van der Waals surface area contributed by atoms with Crippen LogP contribution in [0.15, 0.2) is 45.9 Å². The number of amides is 1. The Hall–Kier alpha value is -2.17. The third kappa shape index (κ3) is 3.83. The lowest BCUT2D eigenvalue weighted by atomic mass is 10.2. The summed E-state index contributed by atoms with van der Waals surface area (Å²) in [6.45, 7) is 0. The molecular weight excluding hydrogens is 402 g/mol. The van der Waals surface area contributed by atoms with E-state index in [2.05, 4.69) is 26.1 Å². The van der Waals surface area contributed by atoms with Crippen LogP contribution in [0.25, 0.3) is 0 Å². The van der Waals surface area contributed by atoms with E-state index in [1.165, 1.54) is 34.9 Å². The maximum atomic E-state index is 12.3. The van der Waals surface area contributed by atoms with Crippen molar-refractivity contribution in [2.45, 2.75) is 4.90 Å². The molecular formula is C14H14BrN3O5S. The van der Waals surface area contributed by atoms with E-state index in [1.54, 1.807) is 13.2 Å². The molecule has 0 fully saturated rings. The van der Waals surface area contributed by atoms with E-state index in [9.17, 15) is 18.0 Å². The second kappa shape index (κ2) is 7.16. The summed E-state index contributed by atoms with van der Waals surface area (Å²) in [6, 6.07) is 7.05. The van der Waals surface area contributed by atoms with Crippen LogP contribution >= 0.6 is 15.9 Å². The molecule has 128 valence electrons. The maximum Gasteiger partial charge on any atom is 0.339 e. The molecule has 1 aromatic heterocycles. The number of benzene rings is 1. The Kier molecular flexibility index (Phi) is 5.42. The Morgan fingerprint density at radius 2 is 1.92 bits per heavy atom. The molecule has 0 atom stereocenters. The Bertz CT molecular complexity index is 892. The van der Waals surface area contributed by atoms with Gasteiger partial charge in [-0.15, -0.1) is 4.83 Å². The summed E-state index contributed by atoms with van der Waals surface area (Å²) < 4.78 is 31.5. The lowest BCUT2D eigenvalue weighted by Crippen LogP contribution is -2.42. The number of carbonyl (C=O) groups is 2. The molecule has 1 heterocycles. The minimum atomic E-state index is -4.16. The quantitative estimate of drug-likeness (QED) is 0.563. The van der Waals surface area contributed by atoms with Crippen molar-refractivity contribution in [1.82, 2.24) is 14.8 Å². The highest BCUT2D eigenvalue weighted by atomic mass is 79.9. The fourth-order valence-electron chi connectivity index (χ4n) is 1.96. The van der Waals surface area contributed by atoms with Gasteiger partial charge in [-0.05, 0) is 34.1 Å². The molecule has 0 saturated heterocycles. The zero-order valence-electron chi connectivity index (χ0n) is 12.7. The van der Waals surface area contributed by atoms with Gasteiger partial charge >= 0.3 is 5.97 Å². The average Bonchev–Trinajstić information content (AvgIpc) is 2.90. The van der Waals surface area contributed by atoms with Crippen molar-refractivity contribution in [2.75, 3.05) is 7.11 Å². The van der Waals surface area contributed by atoms with Gasteiger partial charge in [0.25, 0.3) is 15.9 Å². The second-order valence-electron chi connectivity index (χ2n) is 4.70. The van der Waals surface area contributed by atoms with Crippen LogP contribution in [0.5, 0.6) is 0 Å². The van der Waals surface area contributed by atoms with E-state index in [0.717, 1.165) is 7.11 Å². The number of ether oxygens (including phenoxy) is 1. The molecule has 0 bridgehead atoms. The molecule has 0 unspecified atom stereocenters. The molecule has 0 aliphatic heterocycles. The highest BCUT2D eigenvalue weighted by Crippen LogP contribution is 2.16. The number of nitrogens with zero attached hydrogens (tertiary/aromatic N) is 1. The summed E-state index contributed by atoms with van der Waals surface area (Å²) in [4.78, 5) is 25.4. The van der Waals surface area contributed by atoms with Crippen LogP contribution in [-0.2, 0) is 21.8 Å². The van der Waals surface area contributed by atoms with Crippen molar-refractivity contribution >= 4 is 37.8 Å². The lowest BCUT2D eigenvalue weighted by Gasteiger charge is -2.11. The first kappa shape index (κ1) is 18.2. The van der Waals surface area contributed by atoms with Gasteiger partial charge in [-0.2, -0.15) is 0 Å². The van der Waals surface area contributed by atoms with Crippen molar-refractivity contribution < 1.29 is 22.7 Å². The Morgan fingerprint density at radius 1 is 1.25 bits per heavy atom. The van der Waals surface area contributed by atoms with Gasteiger partial charge in [0.1, 0.15) is 5.69 Å². The number of hydrogen-bond acceptors (Lipinski definition) is 5. The molecule has 0 saturated carbocycles. The SMILES string of the molecule is COC(=O)c1ccccc1S(=O)(=O)NNC(=O)c1cc(Br)cn1C. The topological polar surface area (TPSA) is 106 Å². The number of carbonyl (C=O) groups excluding carboxylic acids is 2. The van der Waals surface area contributed by atoms with Gasteiger partial charge in [0.05, 0.1) is 17.6 Å². The number of hydrazine groups is 1. The number of hydrogen-bond donors (Lipinski definition) is 2. The van der Waals surface area contributed by atoms with E-state index in [4.69, 9.17) is 0 Å². The zero-order valence-corrected chi connectivity index (χ0v) is 15.1.